The van der Waals surface area contributed by atoms with Crippen LogP contribution in [0, 0.1) is 5.92 Å². The van der Waals surface area contributed by atoms with Gasteiger partial charge in [0.1, 0.15) is 5.75 Å². The smallest absolute Gasteiger partial charge is 0.119 e. The number of hydrazine groups is 1. The van der Waals surface area contributed by atoms with Gasteiger partial charge in [0.2, 0.25) is 0 Å². The van der Waals surface area contributed by atoms with Crippen molar-refractivity contribution in [2.45, 2.75) is 31.3 Å². The average molecular weight is 386 g/mol. The summed E-state index contributed by atoms with van der Waals surface area (Å²) >= 11 is 6.07. The summed E-state index contributed by atoms with van der Waals surface area (Å²) in [5.41, 5.74) is 9.65. The minimum Gasteiger partial charge on any atom is -0.497 e. The molecule has 27 heavy (non-hydrogen) atoms. The molecule has 0 aliphatic carbocycles. The maximum absolute atomic E-state index is 6.07. The first-order chi connectivity index (χ1) is 13.2. The van der Waals surface area contributed by atoms with Crippen LogP contribution in [0.5, 0.6) is 5.75 Å². The van der Waals surface area contributed by atoms with Crippen molar-refractivity contribution in [3.05, 3.63) is 64.7 Å². The monoisotopic (exact) mass is 385 g/mol. The topological polar surface area (TPSA) is 36.5 Å². The van der Waals surface area contributed by atoms with Crippen LogP contribution < -0.4 is 15.6 Å². The van der Waals surface area contributed by atoms with Crippen molar-refractivity contribution in [1.29, 1.82) is 0 Å². The quantitative estimate of drug-likeness (QED) is 0.820. The number of rotatable bonds is 5. The Morgan fingerprint density at radius 1 is 1.19 bits per heavy atom. The molecule has 2 aromatic rings. The van der Waals surface area contributed by atoms with Gasteiger partial charge >= 0.3 is 0 Å². The van der Waals surface area contributed by atoms with E-state index in [-0.39, 0.29) is 0 Å². The molecule has 0 saturated carbocycles. The van der Waals surface area contributed by atoms with Gasteiger partial charge in [-0.15, -0.1) is 0 Å². The van der Waals surface area contributed by atoms with Gasteiger partial charge in [-0.1, -0.05) is 35.9 Å². The molecule has 2 N–H and O–H groups in total. The van der Waals surface area contributed by atoms with Gasteiger partial charge in [-0.2, -0.15) is 0 Å². The Kier molecular flexibility index (Phi) is 5.98. The SMILES string of the molecule is COc1cccc(CN2CCCC(C3NNCC3c3ccc(Cl)cc3)C2)c1. The molecule has 4 rings (SSSR count). The summed E-state index contributed by atoms with van der Waals surface area (Å²) in [6.45, 7) is 4.25. The van der Waals surface area contributed by atoms with Crippen LogP contribution in [-0.4, -0.2) is 37.7 Å². The molecule has 144 valence electrons. The Labute approximate surface area is 166 Å². The van der Waals surface area contributed by atoms with Crippen molar-refractivity contribution < 1.29 is 4.74 Å². The number of ether oxygens (including phenoxy) is 1. The fourth-order valence-electron chi connectivity index (χ4n) is 4.55. The number of likely N-dealkylation sites (tertiary alicyclic amines) is 1. The van der Waals surface area contributed by atoms with E-state index >= 15 is 0 Å². The summed E-state index contributed by atoms with van der Waals surface area (Å²) < 4.78 is 5.37. The van der Waals surface area contributed by atoms with E-state index in [1.165, 1.54) is 30.5 Å². The number of nitrogens with zero attached hydrogens (tertiary/aromatic N) is 1. The molecule has 3 atom stereocenters. The largest absolute Gasteiger partial charge is 0.497 e. The Balaban J connectivity index is 1.43. The Hall–Kier alpha value is -1.59. The highest BCUT2D eigenvalue weighted by Gasteiger charge is 2.36. The van der Waals surface area contributed by atoms with E-state index in [0.717, 1.165) is 30.4 Å². The zero-order valence-corrected chi connectivity index (χ0v) is 16.6. The molecular weight excluding hydrogens is 358 g/mol. The Bertz CT molecular complexity index is 751. The second-order valence-corrected chi connectivity index (χ2v) is 8.13. The van der Waals surface area contributed by atoms with Gasteiger partial charge in [-0.25, -0.2) is 0 Å². The van der Waals surface area contributed by atoms with Crippen LogP contribution in [0.4, 0.5) is 0 Å². The molecule has 3 unspecified atom stereocenters. The second-order valence-electron chi connectivity index (χ2n) is 7.70. The minimum atomic E-state index is 0.458. The van der Waals surface area contributed by atoms with E-state index in [1.807, 2.05) is 18.2 Å². The lowest BCUT2D eigenvalue weighted by molar-refractivity contribution is 0.139. The van der Waals surface area contributed by atoms with Crippen LogP contribution in [0.2, 0.25) is 5.02 Å². The number of nitrogens with one attached hydrogen (secondary N) is 2. The minimum absolute atomic E-state index is 0.458. The van der Waals surface area contributed by atoms with Crippen LogP contribution >= 0.6 is 11.6 Å². The van der Waals surface area contributed by atoms with E-state index in [9.17, 15) is 0 Å². The summed E-state index contributed by atoms with van der Waals surface area (Å²) in [6.07, 6.45) is 2.53. The highest BCUT2D eigenvalue weighted by Crippen LogP contribution is 2.32. The van der Waals surface area contributed by atoms with E-state index < -0.39 is 0 Å². The molecule has 2 aliphatic rings. The van der Waals surface area contributed by atoms with Crippen LogP contribution in [0.1, 0.15) is 29.9 Å². The van der Waals surface area contributed by atoms with Crippen LogP contribution in [0.3, 0.4) is 0 Å². The molecule has 0 amide bonds. The summed E-state index contributed by atoms with van der Waals surface area (Å²) in [7, 11) is 1.73. The first kappa shape index (κ1) is 18.8. The standard InChI is InChI=1S/C22H28ClN3O/c1-27-20-6-2-4-16(12-20)14-26-11-3-5-18(15-26)22-21(13-24-25-22)17-7-9-19(23)10-8-17/h2,4,6-10,12,18,21-22,24-25H,3,5,11,13-15H2,1H3. The third-order valence-electron chi connectivity index (χ3n) is 5.91. The van der Waals surface area contributed by atoms with Crippen molar-refractivity contribution in [3.8, 4) is 5.75 Å². The number of benzene rings is 2. The predicted octanol–water partition coefficient (Wildman–Crippen LogP) is 3.82. The van der Waals surface area contributed by atoms with E-state index in [0.29, 0.717) is 17.9 Å². The molecule has 0 aromatic heterocycles. The van der Waals surface area contributed by atoms with Gasteiger partial charge in [0.25, 0.3) is 0 Å². The van der Waals surface area contributed by atoms with Gasteiger partial charge in [-0.05, 0) is 60.7 Å². The van der Waals surface area contributed by atoms with E-state index in [4.69, 9.17) is 16.3 Å². The van der Waals surface area contributed by atoms with Gasteiger partial charge in [-0.3, -0.25) is 15.8 Å². The molecule has 5 heteroatoms. The summed E-state index contributed by atoms with van der Waals surface area (Å²) in [5.74, 6) is 2.06. The van der Waals surface area contributed by atoms with E-state index in [2.05, 4.69) is 46.1 Å². The fraction of sp³-hybridized carbons (Fsp3) is 0.455. The maximum atomic E-state index is 6.07. The summed E-state index contributed by atoms with van der Waals surface area (Å²) in [4.78, 5) is 2.59. The Morgan fingerprint density at radius 3 is 2.85 bits per heavy atom. The zero-order chi connectivity index (χ0) is 18.6. The number of piperidine rings is 1. The van der Waals surface area contributed by atoms with Gasteiger partial charge < -0.3 is 4.74 Å². The molecule has 0 spiro atoms. The van der Waals surface area contributed by atoms with Crippen molar-refractivity contribution in [2.24, 2.45) is 5.92 Å². The third-order valence-corrected chi connectivity index (χ3v) is 6.16. The lowest BCUT2D eigenvalue weighted by atomic mass is 9.81. The van der Waals surface area contributed by atoms with Crippen molar-refractivity contribution >= 4 is 11.6 Å². The third kappa shape index (κ3) is 4.46. The lowest BCUT2D eigenvalue weighted by Gasteiger charge is -2.37. The first-order valence-corrected chi connectivity index (χ1v) is 10.2. The highest BCUT2D eigenvalue weighted by molar-refractivity contribution is 6.30. The van der Waals surface area contributed by atoms with Gasteiger partial charge in [0.15, 0.2) is 0 Å². The number of hydrogen-bond donors (Lipinski definition) is 2. The van der Waals surface area contributed by atoms with Crippen molar-refractivity contribution in [1.82, 2.24) is 15.8 Å². The van der Waals surface area contributed by atoms with E-state index in [1.54, 1.807) is 7.11 Å². The van der Waals surface area contributed by atoms with Gasteiger partial charge in [0.05, 0.1) is 7.11 Å². The molecule has 2 aromatic carbocycles. The zero-order valence-electron chi connectivity index (χ0n) is 15.8. The molecule has 4 nitrogen and oxygen atoms in total. The van der Waals surface area contributed by atoms with Gasteiger partial charge in [0, 0.05) is 36.6 Å². The maximum Gasteiger partial charge on any atom is 0.119 e. The van der Waals surface area contributed by atoms with Crippen LogP contribution in [-0.2, 0) is 6.54 Å². The van der Waals surface area contributed by atoms with Crippen molar-refractivity contribution in [3.63, 3.8) is 0 Å². The molecule has 0 radical (unpaired) electrons. The second kappa shape index (κ2) is 8.61. The molecule has 2 fully saturated rings. The highest BCUT2D eigenvalue weighted by atomic mass is 35.5. The molecular formula is C22H28ClN3O. The average Bonchev–Trinajstić information content (AvgIpc) is 3.19. The first-order valence-electron chi connectivity index (χ1n) is 9.82. The molecule has 0 bridgehead atoms. The lowest BCUT2D eigenvalue weighted by Crippen LogP contribution is -2.46. The fourth-order valence-corrected chi connectivity index (χ4v) is 4.68. The summed E-state index contributed by atoms with van der Waals surface area (Å²) in [5, 5.41) is 0.802. The summed E-state index contributed by atoms with van der Waals surface area (Å²) in [6, 6.07) is 17.2. The Morgan fingerprint density at radius 2 is 2.04 bits per heavy atom. The molecule has 2 heterocycles. The number of hydrogen-bond acceptors (Lipinski definition) is 4. The van der Waals surface area contributed by atoms with Crippen LogP contribution in [0.25, 0.3) is 0 Å². The molecule has 2 saturated heterocycles. The number of halogens is 1. The van der Waals surface area contributed by atoms with Crippen LogP contribution in [0.15, 0.2) is 48.5 Å². The van der Waals surface area contributed by atoms with Crippen molar-refractivity contribution in [2.75, 3.05) is 26.7 Å². The number of methoxy groups -OCH3 is 1. The predicted molar refractivity (Wildman–Crippen MR) is 110 cm³/mol. The normalized spacial score (nSPS) is 26.2. The molecule has 2 aliphatic heterocycles.